The Labute approximate surface area is 292 Å². The van der Waals surface area contributed by atoms with Crippen molar-refractivity contribution in [2.45, 2.75) is 5.41 Å². The van der Waals surface area contributed by atoms with Crippen LogP contribution in [-0.2, 0) is 5.41 Å². The predicted molar refractivity (Wildman–Crippen MR) is 207 cm³/mol. The van der Waals surface area contributed by atoms with Gasteiger partial charge in [-0.3, -0.25) is 0 Å². The Morgan fingerprint density at radius 3 is 1.50 bits per heavy atom. The molecule has 1 spiro atoms. The highest BCUT2D eigenvalue weighted by Gasteiger charge is 2.57. The number of hydrogen-bond donors (Lipinski definition) is 0. The molecule has 0 aromatic heterocycles. The van der Waals surface area contributed by atoms with E-state index in [2.05, 4.69) is 193 Å². The number of nitrogens with zero attached hydrogens (tertiary/aromatic N) is 1. The third-order valence-electron chi connectivity index (χ3n) is 11.2. The first-order chi connectivity index (χ1) is 24.8. The van der Waals surface area contributed by atoms with Crippen LogP contribution in [0.3, 0.4) is 0 Å². The second-order valence-corrected chi connectivity index (χ2v) is 13.6. The second-order valence-electron chi connectivity index (χ2n) is 13.6. The summed E-state index contributed by atoms with van der Waals surface area (Å²) in [6.45, 7) is 0. The van der Waals surface area contributed by atoms with E-state index < -0.39 is 0 Å². The molecule has 8 aromatic rings. The van der Waals surface area contributed by atoms with E-state index >= 15 is 0 Å². The summed E-state index contributed by atoms with van der Waals surface area (Å²) >= 11 is 0. The fraction of sp³-hybridized carbons (Fsp3) is 0.0204. The molecule has 0 radical (unpaired) electrons. The topological polar surface area (TPSA) is 3.24 Å². The van der Waals surface area contributed by atoms with Crippen LogP contribution in [0.1, 0.15) is 22.3 Å². The maximum Gasteiger partial charge on any atom is 0.0737 e. The third-order valence-corrected chi connectivity index (χ3v) is 11.2. The Bertz CT molecular complexity index is 2600. The van der Waals surface area contributed by atoms with Gasteiger partial charge in [-0.05, 0) is 109 Å². The van der Waals surface area contributed by atoms with Gasteiger partial charge in [-0.15, -0.1) is 0 Å². The van der Waals surface area contributed by atoms with Gasteiger partial charge in [0.2, 0.25) is 0 Å². The molecule has 0 bridgehead atoms. The van der Waals surface area contributed by atoms with Crippen LogP contribution in [0, 0.1) is 0 Å². The monoisotopic (exact) mass is 633 g/mol. The molecular weight excluding hydrogens is 603 g/mol. The summed E-state index contributed by atoms with van der Waals surface area (Å²) in [6, 6.07) is 69.3. The molecule has 50 heavy (non-hydrogen) atoms. The maximum absolute atomic E-state index is 2.49. The average molecular weight is 634 g/mol. The minimum atomic E-state index is -0.273. The Kier molecular flexibility index (Phi) is 5.66. The first-order valence-corrected chi connectivity index (χ1v) is 17.4. The average Bonchev–Trinajstić information content (AvgIpc) is 3.79. The van der Waals surface area contributed by atoms with Crippen molar-refractivity contribution >= 4 is 17.1 Å². The van der Waals surface area contributed by atoms with Crippen molar-refractivity contribution in [3.63, 3.8) is 0 Å². The van der Waals surface area contributed by atoms with Crippen molar-refractivity contribution in [3.05, 3.63) is 210 Å². The van der Waals surface area contributed by atoms with Gasteiger partial charge in [0.25, 0.3) is 0 Å². The lowest BCUT2D eigenvalue weighted by atomic mass is 9.73. The van der Waals surface area contributed by atoms with Crippen LogP contribution in [0.25, 0.3) is 55.6 Å². The molecule has 0 saturated heterocycles. The Hall–Kier alpha value is -6.44. The summed E-state index contributed by atoms with van der Waals surface area (Å²) in [5, 5.41) is 0. The highest BCUT2D eigenvalue weighted by atomic mass is 15.1. The van der Waals surface area contributed by atoms with Crippen molar-refractivity contribution in [1.29, 1.82) is 0 Å². The van der Waals surface area contributed by atoms with Crippen LogP contribution in [0.4, 0.5) is 17.1 Å². The van der Waals surface area contributed by atoms with Crippen molar-refractivity contribution in [2.24, 2.45) is 0 Å². The first kappa shape index (κ1) is 27.5. The van der Waals surface area contributed by atoms with E-state index in [4.69, 9.17) is 0 Å². The zero-order valence-corrected chi connectivity index (χ0v) is 27.3. The molecule has 8 aromatic carbocycles. The van der Waals surface area contributed by atoms with E-state index in [0.29, 0.717) is 0 Å². The van der Waals surface area contributed by atoms with Crippen LogP contribution in [0.2, 0.25) is 0 Å². The van der Waals surface area contributed by atoms with Gasteiger partial charge in [-0.2, -0.15) is 0 Å². The lowest BCUT2D eigenvalue weighted by molar-refractivity contribution is 0.818. The summed E-state index contributed by atoms with van der Waals surface area (Å²) in [5.74, 6) is 0. The molecule has 0 fully saturated rings. The fourth-order valence-corrected chi connectivity index (χ4v) is 9.27. The number of anilines is 3. The van der Waals surface area contributed by atoms with Gasteiger partial charge in [0.05, 0.1) is 11.1 Å². The van der Waals surface area contributed by atoms with Crippen LogP contribution >= 0.6 is 0 Å². The minimum Gasteiger partial charge on any atom is -0.310 e. The third kappa shape index (κ3) is 3.56. The lowest BCUT2D eigenvalue weighted by Gasteiger charge is -2.28. The zero-order chi connectivity index (χ0) is 32.8. The minimum absolute atomic E-state index is 0.273. The van der Waals surface area contributed by atoms with Crippen molar-refractivity contribution < 1.29 is 0 Å². The van der Waals surface area contributed by atoms with Crippen molar-refractivity contribution in [1.82, 2.24) is 0 Å². The van der Waals surface area contributed by atoms with Gasteiger partial charge >= 0.3 is 0 Å². The van der Waals surface area contributed by atoms with Crippen LogP contribution < -0.4 is 4.90 Å². The lowest BCUT2D eigenvalue weighted by Crippen LogP contribution is -2.23. The molecule has 0 amide bonds. The van der Waals surface area contributed by atoms with E-state index in [1.165, 1.54) is 77.9 Å². The standard InChI is InChI=1S/C49H31N/c1-3-13-33(14-4-1)37-17-8-10-24-46(37)50(35-15-5-2-6-16-35)36-28-25-32(26-29-36)34-27-30-39-41-20-12-22-43-42-21-11-19-40-38-18-7-9-23-44(38)49(47(40)42,48(41)43)45(39)31-34/h1-31H. The van der Waals surface area contributed by atoms with Gasteiger partial charge in [0.15, 0.2) is 0 Å². The summed E-state index contributed by atoms with van der Waals surface area (Å²) in [6.07, 6.45) is 0. The number of benzene rings is 8. The molecule has 1 nitrogen and oxygen atoms in total. The Morgan fingerprint density at radius 2 is 0.800 bits per heavy atom. The molecule has 11 rings (SSSR count). The molecule has 1 unspecified atom stereocenters. The Morgan fingerprint density at radius 1 is 0.300 bits per heavy atom. The number of hydrogen-bond acceptors (Lipinski definition) is 1. The Balaban J connectivity index is 1.06. The largest absolute Gasteiger partial charge is 0.310 e. The van der Waals surface area contributed by atoms with E-state index in [-0.39, 0.29) is 5.41 Å². The number of fused-ring (bicyclic) bond motifs is 5. The van der Waals surface area contributed by atoms with Crippen molar-refractivity contribution in [2.75, 3.05) is 4.90 Å². The molecule has 3 aliphatic carbocycles. The quantitative estimate of drug-likeness (QED) is 0.182. The molecule has 232 valence electrons. The summed E-state index contributed by atoms with van der Waals surface area (Å²) in [4.78, 5) is 2.37. The molecule has 3 aliphatic rings. The summed E-state index contributed by atoms with van der Waals surface area (Å²) in [7, 11) is 0. The first-order valence-electron chi connectivity index (χ1n) is 17.4. The summed E-state index contributed by atoms with van der Waals surface area (Å²) < 4.78 is 0. The van der Waals surface area contributed by atoms with Crippen LogP contribution in [0.5, 0.6) is 0 Å². The molecular formula is C49H31N. The van der Waals surface area contributed by atoms with Gasteiger partial charge in [0.1, 0.15) is 0 Å². The van der Waals surface area contributed by atoms with E-state index in [1.54, 1.807) is 0 Å². The van der Waals surface area contributed by atoms with Gasteiger partial charge in [-0.25, -0.2) is 0 Å². The van der Waals surface area contributed by atoms with Crippen LogP contribution in [0.15, 0.2) is 188 Å². The van der Waals surface area contributed by atoms with Gasteiger partial charge in [-0.1, -0.05) is 152 Å². The molecule has 0 N–H and O–H groups in total. The molecule has 1 heteroatoms. The highest BCUT2D eigenvalue weighted by molar-refractivity contribution is 6.06. The predicted octanol–water partition coefficient (Wildman–Crippen LogP) is 12.8. The maximum atomic E-state index is 2.49. The molecule has 0 aliphatic heterocycles. The van der Waals surface area contributed by atoms with Gasteiger partial charge in [0, 0.05) is 16.9 Å². The number of rotatable bonds is 5. The smallest absolute Gasteiger partial charge is 0.0737 e. The van der Waals surface area contributed by atoms with Gasteiger partial charge < -0.3 is 4.90 Å². The van der Waals surface area contributed by atoms with E-state index in [1.807, 2.05) is 0 Å². The number of para-hydroxylation sites is 2. The van der Waals surface area contributed by atoms with Crippen LogP contribution in [-0.4, -0.2) is 0 Å². The normalized spacial score (nSPS) is 15.3. The molecule has 0 saturated carbocycles. The zero-order valence-electron chi connectivity index (χ0n) is 27.3. The van der Waals surface area contributed by atoms with E-state index in [0.717, 1.165) is 17.1 Å². The van der Waals surface area contributed by atoms with E-state index in [9.17, 15) is 0 Å². The SMILES string of the molecule is c1ccc(-c2ccccc2N(c2ccccc2)c2ccc(-c3ccc4c(c3)C35c6ccccc6-c6cccc(c63)-c3cccc-4c35)cc2)cc1. The molecule has 0 heterocycles. The van der Waals surface area contributed by atoms with Crippen molar-refractivity contribution in [3.8, 4) is 55.6 Å². The second kappa shape index (κ2) is 10.3. The fourth-order valence-electron chi connectivity index (χ4n) is 9.27. The summed E-state index contributed by atoms with van der Waals surface area (Å²) in [5.41, 5.74) is 22.0. The highest BCUT2D eigenvalue weighted by Crippen LogP contribution is 2.70. The molecule has 1 atom stereocenters.